The number of phenols is 2. The minimum Gasteiger partial charge on any atom is -0.504 e. The number of hydrogen-bond acceptors (Lipinski definition) is 6. The van der Waals surface area contributed by atoms with Gasteiger partial charge in [0.15, 0.2) is 11.5 Å². The summed E-state index contributed by atoms with van der Waals surface area (Å²) in [6, 6.07) is 11.5. The molecule has 2 aromatic rings. The maximum atomic E-state index is 11.7. The summed E-state index contributed by atoms with van der Waals surface area (Å²) >= 11 is 0. The van der Waals surface area contributed by atoms with Gasteiger partial charge in [-0.15, -0.1) is 0 Å². The number of methoxy groups -OCH3 is 1. The Labute approximate surface area is 133 Å². The second kappa shape index (κ2) is 7.69. The SMILES string of the molecule is COc1ccccc1NCC(=O)NN=Cc1ccc(O)c(O)c1. The van der Waals surface area contributed by atoms with Gasteiger partial charge in [-0.3, -0.25) is 4.79 Å². The Bertz CT molecular complexity index is 716. The Hall–Kier alpha value is -3.22. The number of benzene rings is 2. The van der Waals surface area contributed by atoms with Gasteiger partial charge < -0.3 is 20.3 Å². The second-order valence-corrected chi connectivity index (χ2v) is 4.60. The van der Waals surface area contributed by atoms with Crippen LogP contribution < -0.4 is 15.5 Å². The number of aromatic hydroxyl groups is 2. The average molecular weight is 315 g/mol. The Morgan fingerprint density at radius 1 is 1.22 bits per heavy atom. The van der Waals surface area contributed by atoms with Gasteiger partial charge in [0, 0.05) is 0 Å². The number of carbonyl (C=O) groups excluding carboxylic acids is 1. The fourth-order valence-electron chi connectivity index (χ4n) is 1.81. The van der Waals surface area contributed by atoms with E-state index in [9.17, 15) is 15.0 Å². The number of amides is 1. The molecule has 7 heteroatoms. The summed E-state index contributed by atoms with van der Waals surface area (Å²) in [6.07, 6.45) is 1.36. The lowest BCUT2D eigenvalue weighted by Gasteiger charge is -2.09. The van der Waals surface area contributed by atoms with E-state index < -0.39 is 0 Å². The summed E-state index contributed by atoms with van der Waals surface area (Å²) in [4.78, 5) is 11.7. The van der Waals surface area contributed by atoms with Crippen LogP contribution in [0, 0.1) is 0 Å². The minimum atomic E-state index is -0.338. The van der Waals surface area contributed by atoms with Crippen LogP contribution in [0.1, 0.15) is 5.56 Å². The Morgan fingerprint density at radius 3 is 2.74 bits per heavy atom. The molecule has 0 spiro atoms. The Balaban J connectivity index is 1.85. The number of carbonyl (C=O) groups is 1. The van der Waals surface area contributed by atoms with Gasteiger partial charge in [-0.2, -0.15) is 5.10 Å². The molecule has 120 valence electrons. The van der Waals surface area contributed by atoms with Gasteiger partial charge in [0.2, 0.25) is 0 Å². The number of hydrogen-bond donors (Lipinski definition) is 4. The van der Waals surface area contributed by atoms with Gasteiger partial charge in [0.05, 0.1) is 25.6 Å². The number of anilines is 1. The largest absolute Gasteiger partial charge is 0.504 e. The number of phenolic OH excluding ortho intramolecular Hbond substituents is 2. The fraction of sp³-hybridized carbons (Fsp3) is 0.125. The van der Waals surface area contributed by atoms with Crippen LogP contribution in [0.5, 0.6) is 17.2 Å². The summed E-state index contributed by atoms with van der Waals surface area (Å²) in [6.45, 7) is 0.0263. The van der Waals surface area contributed by atoms with Crippen LogP contribution >= 0.6 is 0 Å². The van der Waals surface area contributed by atoms with Crippen LogP contribution in [0.4, 0.5) is 5.69 Å². The molecule has 0 atom stereocenters. The smallest absolute Gasteiger partial charge is 0.259 e. The molecule has 4 N–H and O–H groups in total. The third-order valence-corrected chi connectivity index (χ3v) is 2.95. The van der Waals surface area contributed by atoms with Crippen LogP contribution in [0.2, 0.25) is 0 Å². The van der Waals surface area contributed by atoms with Crippen molar-refractivity contribution in [3.63, 3.8) is 0 Å². The molecular weight excluding hydrogens is 298 g/mol. The normalized spacial score (nSPS) is 10.5. The van der Waals surface area contributed by atoms with Crippen molar-refractivity contribution in [2.45, 2.75) is 0 Å². The van der Waals surface area contributed by atoms with Gasteiger partial charge >= 0.3 is 0 Å². The molecule has 0 heterocycles. The van der Waals surface area contributed by atoms with Crippen molar-refractivity contribution >= 4 is 17.8 Å². The van der Waals surface area contributed by atoms with E-state index in [-0.39, 0.29) is 24.0 Å². The molecule has 0 aromatic heterocycles. The number of para-hydroxylation sites is 2. The maximum absolute atomic E-state index is 11.7. The topological polar surface area (TPSA) is 103 Å². The van der Waals surface area contributed by atoms with Crippen molar-refractivity contribution in [2.75, 3.05) is 19.0 Å². The van der Waals surface area contributed by atoms with Crippen LogP contribution in [0.15, 0.2) is 47.6 Å². The third-order valence-electron chi connectivity index (χ3n) is 2.95. The quantitative estimate of drug-likeness (QED) is 0.369. The van der Waals surface area contributed by atoms with Gasteiger partial charge in [0.1, 0.15) is 5.75 Å². The number of ether oxygens (including phenoxy) is 1. The molecule has 0 aliphatic carbocycles. The lowest BCUT2D eigenvalue weighted by Crippen LogP contribution is -2.26. The molecule has 2 aromatic carbocycles. The molecule has 0 aliphatic rings. The summed E-state index contributed by atoms with van der Waals surface area (Å²) in [7, 11) is 1.55. The van der Waals surface area contributed by atoms with Crippen molar-refractivity contribution < 1.29 is 19.7 Å². The zero-order valence-electron chi connectivity index (χ0n) is 12.5. The van der Waals surface area contributed by atoms with E-state index in [0.717, 1.165) is 0 Å². The summed E-state index contributed by atoms with van der Waals surface area (Å²) < 4.78 is 5.17. The summed E-state index contributed by atoms with van der Waals surface area (Å²) in [5, 5.41) is 25.3. The zero-order chi connectivity index (χ0) is 16.7. The summed E-state index contributed by atoms with van der Waals surface area (Å²) in [5.74, 6) is -0.163. The molecule has 2 rings (SSSR count). The van der Waals surface area contributed by atoms with E-state index in [1.807, 2.05) is 12.1 Å². The number of nitrogens with one attached hydrogen (secondary N) is 2. The predicted molar refractivity (Wildman–Crippen MR) is 87.0 cm³/mol. The lowest BCUT2D eigenvalue weighted by molar-refractivity contribution is -0.119. The van der Waals surface area contributed by atoms with Crippen molar-refractivity contribution in [2.24, 2.45) is 5.10 Å². The maximum Gasteiger partial charge on any atom is 0.259 e. The first-order valence-corrected chi connectivity index (χ1v) is 6.81. The fourth-order valence-corrected chi connectivity index (χ4v) is 1.81. The Morgan fingerprint density at radius 2 is 2.00 bits per heavy atom. The molecule has 7 nitrogen and oxygen atoms in total. The average Bonchev–Trinajstić information content (AvgIpc) is 2.56. The second-order valence-electron chi connectivity index (χ2n) is 4.60. The highest BCUT2D eigenvalue weighted by atomic mass is 16.5. The first-order chi connectivity index (χ1) is 11.1. The monoisotopic (exact) mass is 315 g/mol. The van der Waals surface area contributed by atoms with E-state index in [2.05, 4.69) is 15.8 Å². The standard InChI is InChI=1S/C16H17N3O4/c1-23-15-5-3-2-4-12(15)17-10-16(22)19-18-9-11-6-7-13(20)14(21)8-11/h2-9,17,20-21H,10H2,1H3,(H,19,22). The molecule has 0 unspecified atom stereocenters. The number of rotatable bonds is 6. The number of hydrazone groups is 1. The van der Waals surface area contributed by atoms with Gasteiger partial charge in [-0.1, -0.05) is 12.1 Å². The van der Waals surface area contributed by atoms with E-state index in [1.54, 1.807) is 25.3 Å². The van der Waals surface area contributed by atoms with Crippen LogP contribution in [0.3, 0.4) is 0 Å². The van der Waals surface area contributed by atoms with Gasteiger partial charge in [0.25, 0.3) is 5.91 Å². The van der Waals surface area contributed by atoms with Gasteiger partial charge in [-0.05, 0) is 35.9 Å². The van der Waals surface area contributed by atoms with E-state index >= 15 is 0 Å². The molecule has 23 heavy (non-hydrogen) atoms. The first kappa shape index (κ1) is 16.2. The molecule has 1 amide bonds. The zero-order valence-corrected chi connectivity index (χ0v) is 12.5. The molecule has 0 fully saturated rings. The number of nitrogens with zero attached hydrogens (tertiary/aromatic N) is 1. The molecular formula is C16H17N3O4. The van der Waals surface area contributed by atoms with Crippen LogP contribution in [0.25, 0.3) is 0 Å². The summed E-state index contributed by atoms with van der Waals surface area (Å²) in [5.41, 5.74) is 3.60. The molecule has 0 saturated heterocycles. The molecule has 0 saturated carbocycles. The first-order valence-electron chi connectivity index (χ1n) is 6.81. The Kier molecular flexibility index (Phi) is 5.40. The van der Waals surface area contributed by atoms with E-state index in [0.29, 0.717) is 17.0 Å². The highest BCUT2D eigenvalue weighted by Gasteiger charge is 2.04. The highest BCUT2D eigenvalue weighted by molar-refractivity contribution is 5.85. The third kappa shape index (κ3) is 4.63. The van der Waals surface area contributed by atoms with E-state index in [1.165, 1.54) is 18.3 Å². The van der Waals surface area contributed by atoms with Crippen molar-refractivity contribution in [1.29, 1.82) is 0 Å². The van der Waals surface area contributed by atoms with Crippen molar-refractivity contribution in [3.8, 4) is 17.2 Å². The molecule has 0 bridgehead atoms. The van der Waals surface area contributed by atoms with Crippen molar-refractivity contribution in [3.05, 3.63) is 48.0 Å². The van der Waals surface area contributed by atoms with Crippen LogP contribution in [-0.2, 0) is 4.79 Å². The van der Waals surface area contributed by atoms with Crippen LogP contribution in [-0.4, -0.2) is 36.0 Å². The molecule has 0 aliphatic heterocycles. The predicted octanol–water partition coefficient (Wildman–Crippen LogP) is 1.67. The van der Waals surface area contributed by atoms with Crippen molar-refractivity contribution in [1.82, 2.24) is 5.43 Å². The lowest BCUT2D eigenvalue weighted by atomic mass is 10.2. The highest BCUT2D eigenvalue weighted by Crippen LogP contribution is 2.24. The van der Waals surface area contributed by atoms with Gasteiger partial charge in [-0.25, -0.2) is 5.43 Å². The minimum absolute atomic E-state index is 0.0263. The van der Waals surface area contributed by atoms with E-state index in [4.69, 9.17) is 4.74 Å². The molecule has 0 radical (unpaired) electrons.